The normalized spacial score (nSPS) is 43.0. The molecular weight excluding hydrogens is 310 g/mol. The largest absolute Gasteiger partial charge is 0.299 e. The number of Topliss-reactive ketones (excluding diaryl/α,β-unsaturated/α-hetero) is 1. The molecule has 0 aromatic rings. The summed E-state index contributed by atoms with van der Waals surface area (Å²) in [4.78, 5) is 12.6. The molecule has 0 saturated heterocycles. The number of rotatable bonds is 4. The number of sulfonamides is 1. The summed E-state index contributed by atoms with van der Waals surface area (Å²) in [5.74, 6) is 1.43. The number of hydrogen-bond donors (Lipinski definition) is 1. The number of hydrogen-bond acceptors (Lipinski definition) is 3. The van der Waals surface area contributed by atoms with Crippen LogP contribution in [-0.2, 0) is 14.8 Å². The highest BCUT2D eigenvalue weighted by atomic mass is 32.2. The lowest BCUT2D eigenvalue weighted by Gasteiger charge is -2.38. The average Bonchev–Trinajstić information content (AvgIpc) is 2.77. The van der Waals surface area contributed by atoms with Crippen molar-refractivity contribution in [1.29, 1.82) is 0 Å². The van der Waals surface area contributed by atoms with E-state index in [4.69, 9.17) is 0 Å². The number of nitrogens with one attached hydrogen (secondary N) is 1. The minimum atomic E-state index is -3.44. The zero-order valence-electron chi connectivity index (χ0n) is 14.9. The van der Waals surface area contributed by atoms with Gasteiger partial charge >= 0.3 is 0 Å². The molecule has 0 amide bonds. The first-order valence-electron chi connectivity index (χ1n) is 9.12. The van der Waals surface area contributed by atoms with Crippen molar-refractivity contribution in [1.82, 2.24) is 4.72 Å². The Morgan fingerprint density at radius 3 is 2.43 bits per heavy atom. The summed E-state index contributed by atoms with van der Waals surface area (Å²) < 4.78 is 28.7. The molecule has 3 aliphatic rings. The molecule has 2 bridgehead atoms. The van der Waals surface area contributed by atoms with Gasteiger partial charge in [-0.1, -0.05) is 40.5 Å². The summed E-state index contributed by atoms with van der Waals surface area (Å²) in [5, 5.41) is 0. The van der Waals surface area contributed by atoms with E-state index in [0.717, 1.165) is 25.7 Å². The first kappa shape index (κ1) is 17.4. The highest BCUT2D eigenvalue weighted by molar-refractivity contribution is 7.89. The van der Waals surface area contributed by atoms with Gasteiger partial charge in [-0.2, -0.15) is 0 Å². The Morgan fingerprint density at radius 1 is 1.17 bits per heavy atom. The van der Waals surface area contributed by atoms with Crippen LogP contribution in [0.4, 0.5) is 0 Å². The van der Waals surface area contributed by atoms with Crippen molar-refractivity contribution in [3.63, 3.8) is 0 Å². The van der Waals surface area contributed by atoms with Crippen LogP contribution >= 0.6 is 0 Å². The molecule has 3 rings (SSSR count). The summed E-state index contributed by atoms with van der Waals surface area (Å²) in [6.07, 6.45) is 5.47. The highest BCUT2D eigenvalue weighted by Crippen LogP contribution is 2.64. The molecule has 3 aliphatic carbocycles. The predicted molar refractivity (Wildman–Crippen MR) is 91.5 cm³/mol. The summed E-state index contributed by atoms with van der Waals surface area (Å²) in [6, 6.07) is 0.0250. The van der Waals surface area contributed by atoms with Gasteiger partial charge in [-0.3, -0.25) is 4.79 Å². The van der Waals surface area contributed by atoms with Crippen molar-refractivity contribution in [3.8, 4) is 0 Å². The van der Waals surface area contributed by atoms with Gasteiger partial charge in [-0.05, 0) is 42.4 Å². The summed E-state index contributed by atoms with van der Waals surface area (Å²) >= 11 is 0. The van der Waals surface area contributed by atoms with Gasteiger partial charge in [-0.15, -0.1) is 0 Å². The van der Waals surface area contributed by atoms with E-state index >= 15 is 0 Å². The van der Waals surface area contributed by atoms with E-state index in [1.807, 2.05) is 0 Å². The minimum Gasteiger partial charge on any atom is -0.299 e. The molecule has 0 unspecified atom stereocenters. The van der Waals surface area contributed by atoms with Crippen molar-refractivity contribution < 1.29 is 13.2 Å². The van der Waals surface area contributed by atoms with E-state index in [0.29, 0.717) is 24.2 Å². The van der Waals surface area contributed by atoms with Crippen molar-refractivity contribution in [2.24, 2.45) is 28.6 Å². The maximum absolute atomic E-state index is 12.9. The summed E-state index contributed by atoms with van der Waals surface area (Å²) in [5.41, 5.74) is -0.850. The first-order valence-corrected chi connectivity index (χ1v) is 10.8. The van der Waals surface area contributed by atoms with Gasteiger partial charge in [0, 0.05) is 17.9 Å². The SMILES string of the molecule is C[C@@H]1[C@@H](C)CCC[C@H]1NS(=O)(=O)C[C@]12CC[C@H](CC1=O)C2(C)C. The first-order chi connectivity index (χ1) is 10.6. The molecule has 0 heterocycles. The van der Waals surface area contributed by atoms with Crippen LogP contribution in [0.3, 0.4) is 0 Å². The number of fused-ring (bicyclic) bond motifs is 2. The fourth-order valence-corrected chi connectivity index (χ4v) is 7.66. The molecule has 0 aromatic heterocycles. The Labute approximate surface area is 140 Å². The Morgan fingerprint density at radius 2 is 1.87 bits per heavy atom. The second kappa shape index (κ2) is 5.55. The van der Waals surface area contributed by atoms with E-state index in [1.54, 1.807) is 0 Å². The van der Waals surface area contributed by atoms with E-state index in [-0.39, 0.29) is 23.0 Å². The van der Waals surface area contributed by atoms with Crippen LogP contribution in [0.5, 0.6) is 0 Å². The number of carbonyl (C=O) groups is 1. The van der Waals surface area contributed by atoms with Gasteiger partial charge in [0.05, 0.1) is 5.75 Å². The molecule has 1 N–H and O–H groups in total. The Bertz CT molecular complexity index is 597. The van der Waals surface area contributed by atoms with Gasteiger partial charge < -0.3 is 0 Å². The van der Waals surface area contributed by atoms with Crippen LogP contribution in [0, 0.1) is 28.6 Å². The lowest BCUT2D eigenvalue weighted by molar-refractivity contribution is -0.128. The lowest BCUT2D eigenvalue weighted by atomic mass is 9.70. The average molecular weight is 342 g/mol. The third-order valence-electron chi connectivity index (χ3n) is 7.61. The molecule has 5 heteroatoms. The van der Waals surface area contributed by atoms with Crippen molar-refractivity contribution in [2.75, 3.05) is 5.75 Å². The maximum atomic E-state index is 12.9. The highest BCUT2D eigenvalue weighted by Gasteiger charge is 2.65. The second-order valence-corrected chi connectivity index (χ2v) is 10.7. The van der Waals surface area contributed by atoms with Gasteiger partial charge in [0.2, 0.25) is 10.0 Å². The van der Waals surface area contributed by atoms with Crippen LogP contribution in [0.1, 0.15) is 66.2 Å². The van der Waals surface area contributed by atoms with Crippen molar-refractivity contribution >= 4 is 15.8 Å². The fourth-order valence-electron chi connectivity index (χ4n) is 5.45. The quantitative estimate of drug-likeness (QED) is 0.854. The van der Waals surface area contributed by atoms with Crippen LogP contribution < -0.4 is 4.72 Å². The van der Waals surface area contributed by atoms with Crippen molar-refractivity contribution in [2.45, 2.75) is 72.3 Å². The van der Waals surface area contributed by atoms with Gasteiger partial charge in [0.15, 0.2) is 0 Å². The second-order valence-electron chi connectivity index (χ2n) is 8.92. The smallest absolute Gasteiger partial charge is 0.212 e. The van der Waals surface area contributed by atoms with Crippen LogP contribution in [0.2, 0.25) is 0 Å². The fraction of sp³-hybridized carbons (Fsp3) is 0.944. The van der Waals surface area contributed by atoms with Gasteiger partial charge in [0.1, 0.15) is 5.78 Å². The monoisotopic (exact) mass is 341 g/mol. The molecule has 132 valence electrons. The Hall–Kier alpha value is -0.420. The van der Waals surface area contributed by atoms with Gasteiger partial charge in [0.25, 0.3) is 0 Å². The van der Waals surface area contributed by atoms with Crippen LogP contribution in [0.15, 0.2) is 0 Å². The Kier molecular flexibility index (Phi) is 4.20. The number of ketones is 1. The zero-order valence-corrected chi connectivity index (χ0v) is 15.7. The number of carbonyl (C=O) groups excluding carboxylic acids is 1. The van der Waals surface area contributed by atoms with E-state index < -0.39 is 15.4 Å². The standard InChI is InChI=1S/C18H31NO3S/c1-12-6-5-7-15(13(12)2)19-23(21,22)11-18-9-8-14(10-16(18)20)17(18,3)4/h12-15,19H,5-11H2,1-4H3/t12-,13+,14+,15+,18+/m0/s1. The third kappa shape index (κ3) is 2.68. The third-order valence-corrected chi connectivity index (χ3v) is 9.15. The molecule has 0 spiro atoms. The van der Waals surface area contributed by atoms with Crippen molar-refractivity contribution in [3.05, 3.63) is 0 Å². The van der Waals surface area contributed by atoms with Gasteiger partial charge in [-0.25, -0.2) is 13.1 Å². The lowest BCUT2D eigenvalue weighted by Crippen LogP contribution is -2.50. The Balaban J connectivity index is 1.78. The molecule has 5 atom stereocenters. The van der Waals surface area contributed by atoms with E-state index in [9.17, 15) is 13.2 Å². The molecule has 23 heavy (non-hydrogen) atoms. The molecule has 0 aliphatic heterocycles. The summed E-state index contributed by atoms with van der Waals surface area (Å²) in [7, 11) is -3.44. The maximum Gasteiger partial charge on any atom is 0.212 e. The molecular formula is C18H31NO3S. The molecule has 3 fully saturated rings. The zero-order chi connectivity index (χ0) is 17.0. The van der Waals surface area contributed by atoms with E-state index in [2.05, 4.69) is 32.4 Å². The predicted octanol–water partition coefficient (Wildman–Crippen LogP) is 3.13. The molecule has 3 saturated carbocycles. The van der Waals surface area contributed by atoms with Crippen LogP contribution in [0.25, 0.3) is 0 Å². The molecule has 4 nitrogen and oxygen atoms in total. The van der Waals surface area contributed by atoms with Crippen LogP contribution in [-0.4, -0.2) is 26.0 Å². The van der Waals surface area contributed by atoms with E-state index in [1.165, 1.54) is 6.42 Å². The summed E-state index contributed by atoms with van der Waals surface area (Å²) in [6.45, 7) is 8.54. The topological polar surface area (TPSA) is 63.2 Å². The minimum absolute atomic E-state index is 0.0140. The molecule has 0 aromatic carbocycles. The molecule has 0 radical (unpaired) electrons.